The van der Waals surface area contributed by atoms with Gasteiger partial charge in [0, 0.05) is 12.1 Å². The lowest BCUT2D eigenvalue weighted by molar-refractivity contribution is -0.156. The lowest BCUT2D eigenvalue weighted by atomic mass is 10.4. The molecule has 0 aliphatic carbocycles. The first-order valence-electron chi connectivity index (χ1n) is 4.74. The standard InChI is InChI=1S/C9H17F3N2O/c1-6(2)13-8(14-7(3)4)15-5-9(10,11)12/h6-7H,5H2,1-4H3,(H,13,14). The minimum absolute atomic E-state index is 0.0178. The van der Waals surface area contributed by atoms with Gasteiger partial charge in [0.1, 0.15) is 0 Å². The first-order valence-corrected chi connectivity index (χ1v) is 4.74. The molecule has 0 aliphatic rings. The molecular formula is C9H17F3N2O. The van der Waals surface area contributed by atoms with E-state index in [4.69, 9.17) is 0 Å². The van der Waals surface area contributed by atoms with E-state index >= 15 is 0 Å². The van der Waals surface area contributed by atoms with Crippen LogP contribution >= 0.6 is 0 Å². The van der Waals surface area contributed by atoms with Crippen LogP contribution in [-0.4, -0.2) is 30.9 Å². The molecule has 0 aromatic carbocycles. The Hall–Kier alpha value is -0.940. The number of hydrogen-bond acceptors (Lipinski definition) is 2. The Morgan fingerprint density at radius 1 is 1.27 bits per heavy atom. The van der Waals surface area contributed by atoms with Crippen molar-refractivity contribution in [1.82, 2.24) is 5.32 Å². The van der Waals surface area contributed by atoms with Crippen LogP contribution in [-0.2, 0) is 4.74 Å². The summed E-state index contributed by atoms with van der Waals surface area (Å²) in [7, 11) is 0. The molecule has 0 bridgehead atoms. The van der Waals surface area contributed by atoms with Gasteiger partial charge in [-0.15, -0.1) is 0 Å². The number of hydrogen-bond donors (Lipinski definition) is 1. The maximum absolute atomic E-state index is 11.9. The van der Waals surface area contributed by atoms with E-state index in [9.17, 15) is 13.2 Å². The molecule has 0 amide bonds. The van der Waals surface area contributed by atoms with E-state index in [2.05, 4.69) is 15.0 Å². The summed E-state index contributed by atoms with van der Waals surface area (Å²) in [6, 6.07) is -0.187. The van der Waals surface area contributed by atoms with E-state index < -0.39 is 12.8 Å². The number of halogens is 3. The number of amidine groups is 1. The van der Waals surface area contributed by atoms with Crippen LogP contribution in [0.15, 0.2) is 4.99 Å². The average molecular weight is 226 g/mol. The van der Waals surface area contributed by atoms with Crippen molar-refractivity contribution >= 4 is 6.02 Å². The molecule has 0 saturated carbocycles. The minimum atomic E-state index is -4.34. The van der Waals surface area contributed by atoms with E-state index in [1.807, 2.05) is 0 Å². The van der Waals surface area contributed by atoms with Crippen molar-refractivity contribution in [3.63, 3.8) is 0 Å². The molecule has 0 fully saturated rings. The fourth-order valence-corrected chi connectivity index (χ4v) is 0.748. The summed E-state index contributed by atoms with van der Waals surface area (Å²) in [4.78, 5) is 3.90. The van der Waals surface area contributed by atoms with Crippen LogP contribution in [0.4, 0.5) is 13.2 Å². The monoisotopic (exact) mass is 226 g/mol. The van der Waals surface area contributed by atoms with Crippen molar-refractivity contribution < 1.29 is 17.9 Å². The highest BCUT2D eigenvalue weighted by molar-refractivity contribution is 5.74. The van der Waals surface area contributed by atoms with Gasteiger partial charge in [0.05, 0.1) is 0 Å². The summed E-state index contributed by atoms with van der Waals surface area (Å²) in [6.07, 6.45) is -4.34. The van der Waals surface area contributed by atoms with Gasteiger partial charge < -0.3 is 10.1 Å². The van der Waals surface area contributed by atoms with Gasteiger partial charge in [-0.25, -0.2) is 4.99 Å². The number of ether oxygens (including phenoxy) is 1. The van der Waals surface area contributed by atoms with Gasteiger partial charge in [-0.05, 0) is 27.7 Å². The molecule has 1 N–H and O–H groups in total. The normalized spacial score (nSPS) is 13.5. The highest BCUT2D eigenvalue weighted by Gasteiger charge is 2.29. The fourth-order valence-electron chi connectivity index (χ4n) is 0.748. The highest BCUT2D eigenvalue weighted by atomic mass is 19.4. The Morgan fingerprint density at radius 3 is 2.13 bits per heavy atom. The minimum Gasteiger partial charge on any atom is -0.456 e. The van der Waals surface area contributed by atoms with Crippen molar-refractivity contribution in [1.29, 1.82) is 0 Å². The molecule has 0 aromatic rings. The Morgan fingerprint density at radius 2 is 1.80 bits per heavy atom. The van der Waals surface area contributed by atoms with Crippen LogP contribution in [0, 0.1) is 0 Å². The number of nitrogens with zero attached hydrogens (tertiary/aromatic N) is 1. The van der Waals surface area contributed by atoms with Crippen LogP contribution in [0.3, 0.4) is 0 Å². The number of aliphatic imine (C=N–C) groups is 1. The Bertz CT molecular complexity index is 212. The number of rotatable bonds is 3. The third-order valence-corrected chi connectivity index (χ3v) is 1.16. The second-order valence-electron chi connectivity index (χ2n) is 3.73. The predicted molar refractivity (Wildman–Crippen MR) is 52.8 cm³/mol. The van der Waals surface area contributed by atoms with Gasteiger partial charge in [0.25, 0.3) is 6.02 Å². The van der Waals surface area contributed by atoms with E-state index in [1.54, 1.807) is 27.7 Å². The first kappa shape index (κ1) is 14.1. The summed E-state index contributed by atoms with van der Waals surface area (Å²) < 4.78 is 40.2. The molecule has 0 saturated heterocycles. The first-order chi connectivity index (χ1) is 6.70. The lowest BCUT2D eigenvalue weighted by Crippen LogP contribution is -2.35. The smallest absolute Gasteiger partial charge is 0.422 e. The quantitative estimate of drug-likeness (QED) is 0.592. The van der Waals surface area contributed by atoms with Crippen LogP contribution in [0.1, 0.15) is 27.7 Å². The largest absolute Gasteiger partial charge is 0.456 e. The molecule has 15 heavy (non-hydrogen) atoms. The van der Waals surface area contributed by atoms with Crippen molar-refractivity contribution in [2.24, 2.45) is 4.99 Å². The van der Waals surface area contributed by atoms with Crippen molar-refractivity contribution in [3.05, 3.63) is 0 Å². The van der Waals surface area contributed by atoms with E-state index in [1.165, 1.54) is 0 Å². The van der Waals surface area contributed by atoms with Gasteiger partial charge in [-0.1, -0.05) is 0 Å². The van der Waals surface area contributed by atoms with E-state index in [-0.39, 0.29) is 18.1 Å². The molecule has 0 radical (unpaired) electrons. The van der Waals surface area contributed by atoms with Gasteiger partial charge in [0.15, 0.2) is 6.61 Å². The second-order valence-corrected chi connectivity index (χ2v) is 3.73. The highest BCUT2D eigenvalue weighted by Crippen LogP contribution is 2.14. The van der Waals surface area contributed by atoms with Crippen LogP contribution in [0.5, 0.6) is 0 Å². The molecule has 0 atom stereocenters. The molecular weight excluding hydrogens is 209 g/mol. The van der Waals surface area contributed by atoms with Crippen LogP contribution < -0.4 is 5.32 Å². The van der Waals surface area contributed by atoms with Gasteiger partial charge in [0.2, 0.25) is 0 Å². The summed E-state index contributed by atoms with van der Waals surface area (Å²) in [6.45, 7) is 5.80. The van der Waals surface area contributed by atoms with Gasteiger partial charge >= 0.3 is 6.18 Å². The SMILES string of the molecule is CC(C)N=C(NC(C)C)OCC(F)(F)F. The molecule has 0 rings (SSSR count). The molecule has 0 aliphatic heterocycles. The molecule has 6 heteroatoms. The van der Waals surface area contributed by atoms with Crippen LogP contribution in [0.2, 0.25) is 0 Å². The number of alkyl halides is 3. The topological polar surface area (TPSA) is 33.6 Å². The fraction of sp³-hybridized carbons (Fsp3) is 0.889. The maximum atomic E-state index is 11.9. The average Bonchev–Trinajstić information content (AvgIpc) is 1.96. The summed E-state index contributed by atoms with van der Waals surface area (Å²) in [5.74, 6) is 0. The molecule has 0 heterocycles. The molecule has 90 valence electrons. The maximum Gasteiger partial charge on any atom is 0.422 e. The number of nitrogens with one attached hydrogen (secondary N) is 1. The third-order valence-electron chi connectivity index (χ3n) is 1.16. The second kappa shape index (κ2) is 5.82. The Labute approximate surface area is 87.7 Å². The Kier molecular flexibility index (Phi) is 5.46. The zero-order valence-corrected chi connectivity index (χ0v) is 9.35. The molecule has 3 nitrogen and oxygen atoms in total. The molecule has 0 spiro atoms. The predicted octanol–water partition coefficient (Wildman–Crippen LogP) is 2.33. The van der Waals surface area contributed by atoms with Crippen molar-refractivity contribution in [2.75, 3.05) is 6.61 Å². The summed E-state index contributed by atoms with van der Waals surface area (Å²) in [5.41, 5.74) is 0. The summed E-state index contributed by atoms with van der Waals surface area (Å²) in [5, 5.41) is 2.71. The third kappa shape index (κ3) is 9.37. The molecule has 0 unspecified atom stereocenters. The van der Waals surface area contributed by atoms with E-state index in [0.717, 1.165) is 0 Å². The Balaban J connectivity index is 4.26. The zero-order chi connectivity index (χ0) is 12.1. The van der Waals surface area contributed by atoms with Gasteiger partial charge in [-0.2, -0.15) is 13.2 Å². The van der Waals surface area contributed by atoms with Crippen molar-refractivity contribution in [2.45, 2.75) is 46.0 Å². The van der Waals surface area contributed by atoms with Gasteiger partial charge in [-0.3, -0.25) is 0 Å². The van der Waals surface area contributed by atoms with Crippen LogP contribution in [0.25, 0.3) is 0 Å². The molecule has 0 aromatic heterocycles. The van der Waals surface area contributed by atoms with Crippen molar-refractivity contribution in [3.8, 4) is 0 Å². The van der Waals surface area contributed by atoms with E-state index in [0.29, 0.717) is 0 Å². The zero-order valence-electron chi connectivity index (χ0n) is 9.35. The summed E-state index contributed by atoms with van der Waals surface area (Å²) >= 11 is 0. The lowest BCUT2D eigenvalue weighted by Gasteiger charge is -2.16.